The molecule has 1 aliphatic rings. The standard InChI is InChI=1S/C15H16N4O4/c20-14(6-10-1-2-13-11(5-10)3-4-23-13)16-7-12-8-19(18-17-12)9-15(21)22/h1-2,5,8H,3-4,6-7,9H2,(H,16,20)(H,21,22). The van der Waals surface area contributed by atoms with Crippen LogP contribution in [0, 0.1) is 0 Å². The lowest BCUT2D eigenvalue weighted by Gasteiger charge is -2.05. The molecule has 2 aromatic rings. The molecule has 3 rings (SSSR count). The summed E-state index contributed by atoms with van der Waals surface area (Å²) >= 11 is 0. The summed E-state index contributed by atoms with van der Waals surface area (Å²) < 4.78 is 6.65. The van der Waals surface area contributed by atoms with E-state index in [1.165, 1.54) is 10.9 Å². The fourth-order valence-electron chi connectivity index (χ4n) is 2.42. The topological polar surface area (TPSA) is 106 Å². The Balaban J connectivity index is 1.51. The first-order valence-electron chi connectivity index (χ1n) is 7.22. The largest absolute Gasteiger partial charge is 0.493 e. The van der Waals surface area contributed by atoms with Crippen LogP contribution in [0.2, 0.25) is 0 Å². The van der Waals surface area contributed by atoms with Crippen LogP contribution in [0.3, 0.4) is 0 Å². The molecule has 0 saturated carbocycles. The number of nitrogens with zero attached hydrogens (tertiary/aromatic N) is 3. The number of ether oxygens (including phenoxy) is 1. The molecule has 0 radical (unpaired) electrons. The molecule has 0 aliphatic carbocycles. The maximum atomic E-state index is 12.0. The van der Waals surface area contributed by atoms with Crippen molar-refractivity contribution in [3.05, 3.63) is 41.2 Å². The van der Waals surface area contributed by atoms with Crippen LogP contribution in [0.15, 0.2) is 24.4 Å². The second-order valence-corrected chi connectivity index (χ2v) is 5.30. The van der Waals surface area contributed by atoms with Crippen LogP contribution in [0.5, 0.6) is 5.75 Å². The van der Waals surface area contributed by atoms with Gasteiger partial charge in [0, 0.05) is 6.42 Å². The Hall–Kier alpha value is -2.90. The molecule has 120 valence electrons. The zero-order valence-electron chi connectivity index (χ0n) is 12.4. The lowest BCUT2D eigenvalue weighted by atomic mass is 10.1. The van der Waals surface area contributed by atoms with Crippen molar-refractivity contribution in [3.8, 4) is 5.75 Å². The van der Waals surface area contributed by atoms with Crippen molar-refractivity contribution in [2.75, 3.05) is 6.61 Å². The number of rotatable bonds is 6. The van der Waals surface area contributed by atoms with E-state index in [2.05, 4.69) is 15.6 Å². The summed E-state index contributed by atoms with van der Waals surface area (Å²) in [6.07, 6.45) is 2.65. The highest BCUT2D eigenvalue weighted by Gasteiger charge is 2.13. The van der Waals surface area contributed by atoms with Crippen LogP contribution in [0.25, 0.3) is 0 Å². The molecule has 8 nitrogen and oxygen atoms in total. The molecule has 2 heterocycles. The fraction of sp³-hybridized carbons (Fsp3) is 0.333. The first-order chi connectivity index (χ1) is 11.1. The molecule has 1 aromatic heterocycles. The molecule has 2 N–H and O–H groups in total. The lowest BCUT2D eigenvalue weighted by molar-refractivity contribution is -0.138. The predicted octanol–water partition coefficient (Wildman–Crippen LogP) is 0.157. The van der Waals surface area contributed by atoms with E-state index < -0.39 is 5.97 Å². The van der Waals surface area contributed by atoms with Gasteiger partial charge in [-0.15, -0.1) is 5.10 Å². The molecule has 0 unspecified atom stereocenters. The first kappa shape index (κ1) is 15.0. The van der Waals surface area contributed by atoms with Crippen molar-refractivity contribution in [2.45, 2.75) is 25.9 Å². The molecule has 0 bridgehead atoms. The first-order valence-corrected chi connectivity index (χ1v) is 7.22. The fourth-order valence-corrected chi connectivity index (χ4v) is 2.42. The molecule has 1 aliphatic heterocycles. The summed E-state index contributed by atoms with van der Waals surface area (Å²) in [5.74, 6) is -0.230. The zero-order valence-corrected chi connectivity index (χ0v) is 12.4. The Morgan fingerprint density at radius 2 is 2.26 bits per heavy atom. The Kier molecular flexibility index (Phi) is 4.22. The average molecular weight is 316 g/mol. The van der Waals surface area contributed by atoms with Gasteiger partial charge in [-0.05, 0) is 17.2 Å². The highest BCUT2D eigenvalue weighted by Crippen LogP contribution is 2.25. The Labute approximate surface area is 132 Å². The van der Waals surface area contributed by atoms with E-state index >= 15 is 0 Å². The number of carbonyl (C=O) groups is 2. The number of fused-ring (bicyclic) bond motifs is 1. The number of carboxylic acid groups (broad SMARTS) is 1. The van der Waals surface area contributed by atoms with Gasteiger partial charge in [0.1, 0.15) is 18.0 Å². The number of aromatic nitrogens is 3. The highest BCUT2D eigenvalue weighted by atomic mass is 16.5. The molecule has 0 atom stereocenters. The summed E-state index contributed by atoms with van der Waals surface area (Å²) in [5.41, 5.74) is 2.58. The summed E-state index contributed by atoms with van der Waals surface area (Å²) in [6, 6.07) is 5.76. The van der Waals surface area contributed by atoms with Crippen LogP contribution < -0.4 is 10.1 Å². The van der Waals surface area contributed by atoms with E-state index in [1.54, 1.807) is 0 Å². The molecular weight excluding hydrogens is 300 g/mol. The quantitative estimate of drug-likeness (QED) is 0.786. The minimum Gasteiger partial charge on any atom is -0.493 e. The monoisotopic (exact) mass is 316 g/mol. The van der Waals surface area contributed by atoms with Gasteiger partial charge in [-0.1, -0.05) is 17.3 Å². The smallest absolute Gasteiger partial charge is 0.325 e. The van der Waals surface area contributed by atoms with Gasteiger partial charge in [-0.25, -0.2) is 4.68 Å². The summed E-state index contributed by atoms with van der Waals surface area (Å²) in [5, 5.41) is 18.9. The van der Waals surface area contributed by atoms with Gasteiger partial charge in [0.15, 0.2) is 0 Å². The van der Waals surface area contributed by atoms with E-state index in [9.17, 15) is 9.59 Å². The van der Waals surface area contributed by atoms with Crippen molar-refractivity contribution < 1.29 is 19.4 Å². The Morgan fingerprint density at radius 1 is 1.39 bits per heavy atom. The van der Waals surface area contributed by atoms with E-state index in [4.69, 9.17) is 9.84 Å². The maximum absolute atomic E-state index is 12.0. The summed E-state index contributed by atoms with van der Waals surface area (Å²) in [4.78, 5) is 22.5. The van der Waals surface area contributed by atoms with Crippen LogP contribution >= 0.6 is 0 Å². The minimum atomic E-state index is -0.994. The van der Waals surface area contributed by atoms with Crippen LogP contribution in [0.1, 0.15) is 16.8 Å². The third kappa shape index (κ3) is 3.85. The van der Waals surface area contributed by atoms with E-state index in [-0.39, 0.29) is 25.4 Å². The van der Waals surface area contributed by atoms with Gasteiger partial charge in [0.2, 0.25) is 5.91 Å². The molecular formula is C15H16N4O4. The Morgan fingerprint density at radius 3 is 3.09 bits per heavy atom. The number of hydrogen-bond acceptors (Lipinski definition) is 5. The molecule has 23 heavy (non-hydrogen) atoms. The van der Waals surface area contributed by atoms with E-state index in [0.717, 1.165) is 23.3 Å². The molecule has 0 saturated heterocycles. The number of nitrogens with one attached hydrogen (secondary N) is 1. The van der Waals surface area contributed by atoms with Gasteiger partial charge >= 0.3 is 5.97 Å². The number of carbonyl (C=O) groups excluding carboxylic acids is 1. The SMILES string of the molecule is O=C(O)Cn1cc(CNC(=O)Cc2ccc3c(c2)CCO3)nn1. The molecule has 0 fully saturated rings. The van der Waals surface area contributed by atoms with Gasteiger partial charge in [0.05, 0.1) is 25.8 Å². The number of benzene rings is 1. The van der Waals surface area contributed by atoms with Crippen molar-refractivity contribution in [1.82, 2.24) is 20.3 Å². The van der Waals surface area contributed by atoms with Crippen molar-refractivity contribution in [1.29, 1.82) is 0 Å². The second-order valence-electron chi connectivity index (χ2n) is 5.30. The van der Waals surface area contributed by atoms with Gasteiger partial charge in [-0.2, -0.15) is 0 Å². The van der Waals surface area contributed by atoms with Crippen LogP contribution in [0.4, 0.5) is 0 Å². The molecule has 8 heteroatoms. The van der Waals surface area contributed by atoms with Crippen molar-refractivity contribution in [2.24, 2.45) is 0 Å². The molecule has 1 amide bonds. The minimum absolute atomic E-state index is 0.128. The molecule has 0 spiro atoms. The lowest BCUT2D eigenvalue weighted by Crippen LogP contribution is -2.24. The normalized spacial score (nSPS) is 12.5. The van der Waals surface area contributed by atoms with Crippen LogP contribution in [-0.2, 0) is 35.5 Å². The zero-order chi connectivity index (χ0) is 16.2. The van der Waals surface area contributed by atoms with Crippen molar-refractivity contribution >= 4 is 11.9 Å². The number of hydrogen-bond donors (Lipinski definition) is 2. The highest BCUT2D eigenvalue weighted by molar-refractivity contribution is 5.78. The maximum Gasteiger partial charge on any atom is 0.325 e. The third-order valence-electron chi connectivity index (χ3n) is 3.47. The van der Waals surface area contributed by atoms with E-state index in [1.807, 2.05) is 18.2 Å². The average Bonchev–Trinajstić information content (AvgIpc) is 3.13. The van der Waals surface area contributed by atoms with E-state index in [0.29, 0.717) is 12.3 Å². The molecule has 1 aromatic carbocycles. The number of amides is 1. The number of aliphatic carboxylic acids is 1. The summed E-state index contributed by atoms with van der Waals surface area (Å²) in [7, 11) is 0. The Bertz CT molecular complexity index is 741. The van der Waals surface area contributed by atoms with Gasteiger partial charge < -0.3 is 15.2 Å². The third-order valence-corrected chi connectivity index (χ3v) is 3.47. The second kappa shape index (κ2) is 6.47. The van der Waals surface area contributed by atoms with Crippen molar-refractivity contribution in [3.63, 3.8) is 0 Å². The number of carboxylic acids is 1. The van der Waals surface area contributed by atoms with Gasteiger partial charge in [-0.3, -0.25) is 9.59 Å². The summed E-state index contributed by atoms with van der Waals surface area (Å²) in [6.45, 7) is 0.654. The van der Waals surface area contributed by atoms with Crippen LogP contribution in [-0.4, -0.2) is 38.6 Å². The van der Waals surface area contributed by atoms with Gasteiger partial charge in [0.25, 0.3) is 0 Å². The predicted molar refractivity (Wildman–Crippen MR) is 78.8 cm³/mol.